The average Bonchev–Trinajstić information content (AvgIpc) is 2.83. The second-order valence-corrected chi connectivity index (χ2v) is 5.57. The molecule has 6 heteroatoms. The van der Waals surface area contributed by atoms with Crippen molar-refractivity contribution in [3.63, 3.8) is 0 Å². The van der Waals surface area contributed by atoms with Crippen LogP contribution in [-0.4, -0.2) is 39.7 Å². The minimum Gasteiger partial charge on any atom is -0.480 e. The van der Waals surface area contributed by atoms with Gasteiger partial charge in [0.25, 0.3) is 0 Å². The Kier molecular flexibility index (Phi) is 3.99. The van der Waals surface area contributed by atoms with Crippen LogP contribution in [0.25, 0.3) is 0 Å². The van der Waals surface area contributed by atoms with E-state index in [-0.39, 0.29) is 6.03 Å². The number of hydrogen-bond acceptors (Lipinski definition) is 3. The first-order valence-electron chi connectivity index (χ1n) is 5.94. The molecule has 1 heterocycles. The lowest BCUT2D eigenvalue weighted by Crippen LogP contribution is -2.44. The Labute approximate surface area is 116 Å². The van der Waals surface area contributed by atoms with Crippen molar-refractivity contribution in [2.24, 2.45) is 0 Å². The van der Waals surface area contributed by atoms with Gasteiger partial charge in [-0.3, -0.25) is 0 Å². The highest BCUT2D eigenvalue weighted by Crippen LogP contribution is 2.23. The van der Waals surface area contributed by atoms with Crippen LogP contribution in [0.1, 0.15) is 11.1 Å². The number of aryl methyl sites for hydroxylation is 2. The molecule has 2 amide bonds. The zero-order valence-corrected chi connectivity index (χ0v) is 11.7. The van der Waals surface area contributed by atoms with E-state index in [0.717, 1.165) is 16.8 Å². The van der Waals surface area contributed by atoms with Gasteiger partial charge in [-0.25, -0.2) is 9.59 Å². The van der Waals surface area contributed by atoms with Gasteiger partial charge < -0.3 is 15.3 Å². The van der Waals surface area contributed by atoms with Gasteiger partial charge in [0.05, 0.1) is 5.88 Å². The van der Waals surface area contributed by atoms with Gasteiger partial charge in [-0.1, -0.05) is 12.1 Å². The van der Waals surface area contributed by atoms with Crippen LogP contribution >= 0.6 is 11.8 Å². The first-order chi connectivity index (χ1) is 8.99. The quantitative estimate of drug-likeness (QED) is 0.872. The van der Waals surface area contributed by atoms with Gasteiger partial charge in [-0.2, -0.15) is 0 Å². The third kappa shape index (κ3) is 3.01. The number of nitrogens with one attached hydrogen (secondary N) is 1. The first kappa shape index (κ1) is 13.7. The number of nitrogens with zero attached hydrogens (tertiary/aromatic N) is 1. The third-order valence-corrected chi connectivity index (χ3v) is 4.08. The number of carbonyl (C=O) groups is 2. The second-order valence-electron chi connectivity index (χ2n) is 4.57. The average molecular weight is 280 g/mol. The van der Waals surface area contributed by atoms with Gasteiger partial charge in [0, 0.05) is 11.4 Å². The summed E-state index contributed by atoms with van der Waals surface area (Å²) in [6.45, 7) is 3.85. The maximum Gasteiger partial charge on any atom is 0.327 e. The van der Waals surface area contributed by atoms with Gasteiger partial charge in [0.1, 0.15) is 6.04 Å². The third-order valence-electron chi connectivity index (χ3n) is 3.06. The molecule has 0 aromatic heterocycles. The molecule has 102 valence electrons. The van der Waals surface area contributed by atoms with E-state index in [1.807, 2.05) is 32.0 Å². The summed E-state index contributed by atoms with van der Waals surface area (Å²) in [6.07, 6.45) is 0. The second kappa shape index (κ2) is 5.52. The van der Waals surface area contributed by atoms with Crippen molar-refractivity contribution >= 4 is 29.4 Å². The van der Waals surface area contributed by atoms with Crippen molar-refractivity contribution < 1.29 is 14.7 Å². The van der Waals surface area contributed by atoms with Crippen molar-refractivity contribution in [3.05, 3.63) is 29.3 Å². The van der Waals surface area contributed by atoms with Crippen molar-refractivity contribution in [3.8, 4) is 0 Å². The highest BCUT2D eigenvalue weighted by atomic mass is 32.2. The Morgan fingerprint density at radius 3 is 2.84 bits per heavy atom. The molecule has 2 N–H and O–H groups in total. The molecule has 1 aliphatic heterocycles. The fourth-order valence-corrected chi connectivity index (χ4v) is 3.05. The minimum atomic E-state index is -0.957. The van der Waals surface area contributed by atoms with Crippen LogP contribution < -0.4 is 5.32 Å². The summed E-state index contributed by atoms with van der Waals surface area (Å²) in [7, 11) is 0. The molecule has 0 radical (unpaired) electrons. The Hall–Kier alpha value is -1.69. The Balaban J connectivity index is 2.12. The van der Waals surface area contributed by atoms with Crippen LogP contribution in [0.2, 0.25) is 0 Å². The number of carboxylic acid groups (broad SMARTS) is 1. The monoisotopic (exact) mass is 280 g/mol. The summed E-state index contributed by atoms with van der Waals surface area (Å²) < 4.78 is 0. The number of carboxylic acids is 1. The number of thioether (sulfide) groups is 1. The van der Waals surface area contributed by atoms with Crippen LogP contribution in [0.15, 0.2) is 18.2 Å². The van der Waals surface area contributed by atoms with Crippen LogP contribution in [-0.2, 0) is 4.79 Å². The van der Waals surface area contributed by atoms with E-state index in [9.17, 15) is 9.59 Å². The molecular weight excluding hydrogens is 264 g/mol. The van der Waals surface area contributed by atoms with Gasteiger partial charge in [-0.05, 0) is 31.0 Å². The minimum absolute atomic E-state index is 0.355. The van der Waals surface area contributed by atoms with E-state index >= 15 is 0 Å². The van der Waals surface area contributed by atoms with Gasteiger partial charge in [0.15, 0.2) is 0 Å². The summed E-state index contributed by atoms with van der Waals surface area (Å²) in [5, 5.41) is 11.9. The topological polar surface area (TPSA) is 69.6 Å². The number of aliphatic carboxylic acids is 1. The molecular formula is C13H16N2O3S. The molecule has 1 unspecified atom stereocenters. The molecule has 0 spiro atoms. The zero-order valence-electron chi connectivity index (χ0n) is 10.8. The summed E-state index contributed by atoms with van der Waals surface area (Å²) in [5.74, 6) is -0.107. The number of amides is 2. The molecule has 1 aliphatic rings. The van der Waals surface area contributed by atoms with E-state index in [1.54, 1.807) is 0 Å². The highest BCUT2D eigenvalue weighted by molar-refractivity contribution is 7.99. The van der Waals surface area contributed by atoms with Crippen molar-refractivity contribution in [2.45, 2.75) is 19.9 Å². The summed E-state index contributed by atoms with van der Waals surface area (Å²) in [6, 6.07) is 4.68. The van der Waals surface area contributed by atoms with E-state index in [1.165, 1.54) is 16.7 Å². The maximum atomic E-state index is 12.1. The predicted octanol–water partition coefficient (Wildman–Crippen LogP) is 2.29. The summed E-state index contributed by atoms with van der Waals surface area (Å²) >= 11 is 1.45. The van der Waals surface area contributed by atoms with Gasteiger partial charge in [0.2, 0.25) is 0 Å². The van der Waals surface area contributed by atoms with Gasteiger partial charge >= 0.3 is 12.0 Å². The van der Waals surface area contributed by atoms with Crippen molar-refractivity contribution in [1.82, 2.24) is 4.90 Å². The maximum absolute atomic E-state index is 12.1. The Morgan fingerprint density at radius 2 is 2.16 bits per heavy atom. The predicted molar refractivity (Wildman–Crippen MR) is 75.5 cm³/mol. The molecule has 1 fully saturated rings. The van der Waals surface area contributed by atoms with Crippen LogP contribution in [0.3, 0.4) is 0 Å². The van der Waals surface area contributed by atoms with Crippen molar-refractivity contribution in [1.29, 1.82) is 0 Å². The number of hydrogen-bond donors (Lipinski definition) is 2. The summed E-state index contributed by atoms with van der Waals surface area (Å²) in [5.41, 5.74) is 2.73. The molecule has 2 rings (SSSR count). The van der Waals surface area contributed by atoms with Crippen LogP contribution in [0.4, 0.5) is 10.5 Å². The number of urea groups is 1. The van der Waals surface area contributed by atoms with E-state index in [0.29, 0.717) is 11.6 Å². The van der Waals surface area contributed by atoms with Crippen molar-refractivity contribution in [2.75, 3.05) is 16.9 Å². The Bertz CT molecular complexity index is 519. The SMILES string of the molecule is Cc1ccc(C)c(NC(=O)N2CSCC2C(=O)O)c1. The smallest absolute Gasteiger partial charge is 0.327 e. The van der Waals surface area contributed by atoms with Gasteiger partial charge in [-0.15, -0.1) is 11.8 Å². The molecule has 1 aromatic carbocycles. The molecule has 5 nitrogen and oxygen atoms in total. The standard InChI is InChI=1S/C13H16N2O3S/c1-8-3-4-9(2)10(5-8)14-13(18)15-7-19-6-11(15)12(16)17/h3-5,11H,6-7H2,1-2H3,(H,14,18)(H,16,17). The molecule has 0 saturated carbocycles. The number of anilines is 1. The highest BCUT2D eigenvalue weighted by Gasteiger charge is 2.34. The molecule has 0 aliphatic carbocycles. The van der Waals surface area contributed by atoms with E-state index in [4.69, 9.17) is 5.11 Å². The zero-order chi connectivity index (χ0) is 14.0. The fourth-order valence-electron chi connectivity index (χ4n) is 1.90. The number of carbonyl (C=O) groups excluding carboxylic acids is 1. The van der Waals surface area contributed by atoms with E-state index in [2.05, 4.69) is 5.32 Å². The molecule has 1 atom stereocenters. The first-order valence-corrected chi connectivity index (χ1v) is 7.10. The Morgan fingerprint density at radius 1 is 1.42 bits per heavy atom. The molecule has 1 saturated heterocycles. The van der Waals surface area contributed by atoms with E-state index < -0.39 is 12.0 Å². The fraction of sp³-hybridized carbons (Fsp3) is 0.385. The summed E-state index contributed by atoms with van der Waals surface area (Å²) in [4.78, 5) is 24.5. The molecule has 0 bridgehead atoms. The number of rotatable bonds is 2. The lowest BCUT2D eigenvalue weighted by Gasteiger charge is -2.21. The lowest BCUT2D eigenvalue weighted by atomic mass is 10.1. The molecule has 1 aromatic rings. The normalized spacial score (nSPS) is 18.4. The number of benzene rings is 1. The van der Waals surface area contributed by atoms with Crippen LogP contribution in [0.5, 0.6) is 0 Å². The van der Waals surface area contributed by atoms with Crippen LogP contribution in [0, 0.1) is 13.8 Å². The lowest BCUT2D eigenvalue weighted by molar-refractivity contribution is -0.140. The largest absolute Gasteiger partial charge is 0.480 e. The molecule has 19 heavy (non-hydrogen) atoms.